The molecule has 0 aromatic heterocycles. The van der Waals surface area contributed by atoms with Crippen molar-refractivity contribution in [3.63, 3.8) is 0 Å². The van der Waals surface area contributed by atoms with Crippen LogP contribution in [0.3, 0.4) is 0 Å². The van der Waals surface area contributed by atoms with Gasteiger partial charge < -0.3 is 10.1 Å². The Morgan fingerprint density at radius 2 is 1.95 bits per heavy atom. The molecule has 1 heterocycles. The molecule has 0 saturated carbocycles. The van der Waals surface area contributed by atoms with Gasteiger partial charge in [0, 0.05) is 11.2 Å². The smallest absolute Gasteiger partial charge is 0.409 e. The van der Waals surface area contributed by atoms with Crippen molar-refractivity contribution >= 4 is 29.4 Å². The van der Waals surface area contributed by atoms with E-state index in [2.05, 4.69) is 5.32 Å². The number of ether oxygens (including phenoxy) is 1. The fraction of sp³-hybridized carbons (Fsp3) is 0.467. The van der Waals surface area contributed by atoms with E-state index >= 15 is 0 Å². The molecule has 1 fully saturated rings. The summed E-state index contributed by atoms with van der Waals surface area (Å²) in [5.74, 6) is 0.280. The summed E-state index contributed by atoms with van der Waals surface area (Å²) < 4.78 is 5.20. The fourth-order valence-electron chi connectivity index (χ4n) is 1.85. The summed E-state index contributed by atoms with van der Waals surface area (Å²) in [5.41, 5.74) is 0.782. The van der Waals surface area contributed by atoms with Gasteiger partial charge in [-0.25, -0.2) is 4.79 Å². The largest absolute Gasteiger partial charge is 0.425 e. The molecule has 1 aromatic carbocycles. The molecule has 1 unspecified atom stereocenters. The van der Waals surface area contributed by atoms with E-state index in [1.165, 1.54) is 11.8 Å². The van der Waals surface area contributed by atoms with E-state index in [0.29, 0.717) is 5.88 Å². The Morgan fingerprint density at radius 1 is 1.33 bits per heavy atom. The van der Waals surface area contributed by atoms with Crippen LogP contribution in [0.1, 0.15) is 26.3 Å². The summed E-state index contributed by atoms with van der Waals surface area (Å²) in [6, 6.07) is 7.69. The first-order valence-corrected chi connectivity index (χ1v) is 7.79. The lowest BCUT2D eigenvalue weighted by atomic mass is 10.1. The maximum atomic E-state index is 12.3. The molecule has 1 aliphatic heterocycles. The molecule has 0 aliphatic carbocycles. The minimum absolute atomic E-state index is 0.201. The first-order chi connectivity index (χ1) is 9.76. The third-order valence-corrected chi connectivity index (χ3v) is 3.87. The van der Waals surface area contributed by atoms with Crippen LogP contribution >= 0.6 is 11.8 Å². The molecule has 6 heteroatoms. The standard InChI is InChI=1S/C15H20N2O3S/c1-10-5-7-11(8-6-10)17-9-21-13(12(17)18)20-14(19)16-15(2,3)4/h5-8,13H,9H2,1-4H3,(H,16,19). The minimum atomic E-state index is -0.784. The molecular weight excluding hydrogens is 288 g/mol. The Bertz CT molecular complexity index is 537. The predicted octanol–water partition coefficient (Wildman–Crippen LogP) is 2.88. The number of amides is 2. The maximum Gasteiger partial charge on any atom is 0.409 e. The number of alkyl carbamates (subject to hydrolysis) is 1. The highest BCUT2D eigenvalue weighted by Crippen LogP contribution is 2.30. The van der Waals surface area contributed by atoms with Crippen molar-refractivity contribution in [1.29, 1.82) is 0 Å². The molecular formula is C15H20N2O3S. The number of hydrogen-bond acceptors (Lipinski definition) is 4. The molecule has 0 spiro atoms. The molecule has 0 bridgehead atoms. The summed E-state index contributed by atoms with van der Waals surface area (Å²) in [6.45, 7) is 7.57. The van der Waals surface area contributed by atoms with Crippen molar-refractivity contribution in [2.45, 2.75) is 38.7 Å². The van der Waals surface area contributed by atoms with Crippen LogP contribution < -0.4 is 10.2 Å². The van der Waals surface area contributed by atoms with Crippen LogP contribution in [0.5, 0.6) is 0 Å². The van der Waals surface area contributed by atoms with E-state index in [0.717, 1.165) is 11.3 Å². The van der Waals surface area contributed by atoms with Gasteiger partial charge in [-0.3, -0.25) is 9.69 Å². The Morgan fingerprint density at radius 3 is 2.52 bits per heavy atom. The van der Waals surface area contributed by atoms with Crippen LogP contribution in [0.25, 0.3) is 0 Å². The Balaban J connectivity index is 1.98. The van der Waals surface area contributed by atoms with Gasteiger partial charge in [-0.1, -0.05) is 29.5 Å². The zero-order chi connectivity index (χ0) is 15.6. The highest BCUT2D eigenvalue weighted by Gasteiger charge is 2.36. The summed E-state index contributed by atoms with van der Waals surface area (Å²) in [4.78, 5) is 25.6. The van der Waals surface area contributed by atoms with Gasteiger partial charge in [-0.05, 0) is 39.8 Å². The van der Waals surface area contributed by atoms with Crippen LogP contribution in [-0.4, -0.2) is 28.9 Å². The predicted molar refractivity (Wildman–Crippen MR) is 84.3 cm³/mol. The zero-order valence-electron chi connectivity index (χ0n) is 12.7. The van der Waals surface area contributed by atoms with Crippen molar-refractivity contribution in [3.05, 3.63) is 29.8 Å². The van der Waals surface area contributed by atoms with Crippen LogP contribution in [0.4, 0.5) is 10.5 Å². The molecule has 1 aliphatic rings. The molecule has 2 amide bonds. The number of anilines is 1. The quantitative estimate of drug-likeness (QED) is 0.912. The van der Waals surface area contributed by atoms with E-state index in [-0.39, 0.29) is 11.4 Å². The Hall–Kier alpha value is -1.69. The van der Waals surface area contributed by atoms with E-state index < -0.39 is 11.5 Å². The van der Waals surface area contributed by atoms with Gasteiger partial charge in [0.25, 0.3) is 5.91 Å². The van der Waals surface area contributed by atoms with Gasteiger partial charge in [0.1, 0.15) is 0 Å². The van der Waals surface area contributed by atoms with Crippen LogP contribution in [0.15, 0.2) is 24.3 Å². The van der Waals surface area contributed by atoms with Crippen LogP contribution in [0.2, 0.25) is 0 Å². The molecule has 114 valence electrons. The molecule has 0 radical (unpaired) electrons. The third-order valence-electron chi connectivity index (χ3n) is 2.86. The van der Waals surface area contributed by atoms with E-state index in [1.54, 1.807) is 4.90 Å². The number of rotatable bonds is 2. The monoisotopic (exact) mass is 308 g/mol. The maximum absolute atomic E-state index is 12.3. The summed E-state index contributed by atoms with van der Waals surface area (Å²) in [7, 11) is 0. The van der Waals surface area contributed by atoms with E-state index in [9.17, 15) is 9.59 Å². The van der Waals surface area contributed by atoms with E-state index in [1.807, 2.05) is 52.0 Å². The van der Waals surface area contributed by atoms with Gasteiger partial charge in [0.15, 0.2) is 0 Å². The average Bonchev–Trinajstić information content (AvgIpc) is 2.70. The van der Waals surface area contributed by atoms with Gasteiger partial charge in [0.2, 0.25) is 5.44 Å². The molecule has 1 aromatic rings. The molecule has 5 nitrogen and oxygen atoms in total. The highest BCUT2D eigenvalue weighted by molar-refractivity contribution is 8.01. The van der Waals surface area contributed by atoms with Gasteiger partial charge in [0.05, 0.1) is 5.88 Å². The first-order valence-electron chi connectivity index (χ1n) is 6.75. The van der Waals surface area contributed by atoms with Crippen molar-refractivity contribution < 1.29 is 14.3 Å². The normalized spacial score (nSPS) is 18.8. The summed E-state index contributed by atoms with van der Waals surface area (Å²) in [6.07, 6.45) is -0.570. The molecule has 1 atom stereocenters. The number of carbonyl (C=O) groups excluding carboxylic acids is 2. The van der Waals surface area contributed by atoms with Gasteiger partial charge in [-0.2, -0.15) is 0 Å². The second-order valence-corrected chi connectivity index (χ2v) is 7.03. The summed E-state index contributed by atoms with van der Waals surface area (Å²) in [5, 5.41) is 2.68. The minimum Gasteiger partial charge on any atom is -0.425 e. The lowest BCUT2D eigenvalue weighted by Gasteiger charge is -2.21. The summed E-state index contributed by atoms with van der Waals surface area (Å²) >= 11 is 1.31. The second-order valence-electron chi connectivity index (χ2n) is 6.01. The van der Waals surface area contributed by atoms with Crippen molar-refractivity contribution in [2.75, 3.05) is 10.8 Å². The molecule has 1 N–H and O–H groups in total. The highest BCUT2D eigenvalue weighted by atomic mass is 32.2. The molecule has 2 rings (SSSR count). The van der Waals surface area contributed by atoms with Gasteiger partial charge in [-0.15, -0.1) is 0 Å². The van der Waals surface area contributed by atoms with Crippen molar-refractivity contribution in [2.24, 2.45) is 0 Å². The van der Waals surface area contributed by atoms with Gasteiger partial charge >= 0.3 is 6.09 Å². The lowest BCUT2D eigenvalue weighted by molar-refractivity contribution is -0.122. The first kappa shape index (κ1) is 15.7. The number of nitrogens with zero attached hydrogens (tertiary/aromatic N) is 1. The fourth-order valence-corrected chi connectivity index (χ4v) is 2.83. The average molecular weight is 308 g/mol. The number of aryl methyl sites for hydroxylation is 1. The topological polar surface area (TPSA) is 58.6 Å². The Kier molecular flexibility index (Phi) is 4.46. The number of nitrogens with one attached hydrogen (secondary N) is 1. The number of carbonyl (C=O) groups is 2. The number of benzene rings is 1. The number of thioether (sulfide) groups is 1. The van der Waals surface area contributed by atoms with Crippen molar-refractivity contribution in [1.82, 2.24) is 5.32 Å². The molecule has 1 saturated heterocycles. The lowest BCUT2D eigenvalue weighted by Crippen LogP contribution is -2.43. The van der Waals surface area contributed by atoms with Crippen LogP contribution in [-0.2, 0) is 9.53 Å². The SMILES string of the molecule is Cc1ccc(N2CSC(OC(=O)NC(C)(C)C)C2=O)cc1. The van der Waals surface area contributed by atoms with Crippen LogP contribution in [0, 0.1) is 6.92 Å². The third kappa shape index (κ3) is 4.14. The zero-order valence-corrected chi connectivity index (χ0v) is 13.5. The van der Waals surface area contributed by atoms with E-state index in [4.69, 9.17) is 4.74 Å². The molecule has 21 heavy (non-hydrogen) atoms. The second kappa shape index (κ2) is 5.97. The number of hydrogen-bond donors (Lipinski definition) is 1. The van der Waals surface area contributed by atoms with Crippen molar-refractivity contribution in [3.8, 4) is 0 Å². The Labute approximate surface area is 129 Å².